The molecule has 3 heterocycles. The molecule has 9 heteroatoms. The first-order chi connectivity index (χ1) is 13.4. The molecular formula is C19H19F3N4O2. The molecule has 0 radical (unpaired) electrons. The third-order valence-corrected chi connectivity index (χ3v) is 4.89. The van der Waals surface area contributed by atoms with Crippen LogP contribution in [-0.2, 0) is 24.1 Å². The molecule has 0 N–H and O–H groups in total. The van der Waals surface area contributed by atoms with E-state index in [2.05, 4.69) is 9.88 Å². The fraction of sp³-hybridized carbons (Fsp3) is 0.368. The van der Waals surface area contributed by atoms with Crippen LogP contribution < -0.4 is 0 Å². The van der Waals surface area contributed by atoms with Gasteiger partial charge in [-0.3, -0.25) is 9.69 Å². The van der Waals surface area contributed by atoms with Crippen molar-refractivity contribution in [3.63, 3.8) is 0 Å². The summed E-state index contributed by atoms with van der Waals surface area (Å²) >= 11 is 0. The predicted molar refractivity (Wildman–Crippen MR) is 95.3 cm³/mol. The number of fused-ring (bicyclic) bond motifs is 1. The second kappa shape index (κ2) is 7.31. The molecule has 0 unspecified atom stereocenters. The molecule has 0 aliphatic carbocycles. The average Bonchev–Trinajstić information content (AvgIpc) is 3.30. The topological polar surface area (TPSA) is 54.5 Å². The Balaban J connectivity index is 1.46. The zero-order chi connectivity index (χ0) is 19.7. The molecule has 1 aliphatic heterocycles. The number of amides is 1. The van der Waals surface area contributed by atoms with Gasteiger partial charge in [0.2, 0.25) is 11.7 Å². The van der Waals surface area contributed by atoms with E-state index < -0.39 is 12.0 Å². The van der Waals surface area contributed by atoms with E-state index in [-0.39, 0.29) is 18.0 Å². The second-order valence-electron chi connectivity index (χ2n) is 6.74. The van der Waals surface area contributed by atoms with E-state index >= 15 is 0 Å². The number of imidazole rings is 1. The van der Waals surface area contributed by atoms with E-state index in [1.807, 2.05) is 12.1 Å². The fourth-order valence-corrected chi connectivity index (χ4v) is 3.47. The van der Waals surface area contributed by atoms with Gasteiger partial charge in [0.05, 0.1) is 23.8 Å². The van der Waals surface area contributed by atoms with Crippen LogP contribution in [0, 0.1) is 0 Å². The average molecular weight is 392 g/mol. The minimum Gasteiger partial charge on any atom is -0.468 e. The third kappa shape index (κ3) is 3.75. The molecular weight excluding hydrogens is 373 g/mol. The number of halogens is 3. The quantitative estimate of drug-likeness (QED) is 0.685. The minimum atomic E-state index is -4.62. The summed E-state index contributed by atoms with van der Waals surface area (Å²) in [5, 5.41) is 0. The monoisotopic (exact) mass is 392 g/mol. The second-order valence-corrected chi connectivity index (χ2v) is 6.74. The summed E-state index contributed by atoms with van der Waals surface area (Å²) in [5.41, 5.74) is 0.533. The van der Waals surface area contributed by atoms with Crippen molar-refractivity contribution in [3.05, 3.63) is 54.2 Å². The van der Waals surface area contributed by atoms with Crippen LogP contribution in [-0.4, -0.2) is 51.4 Å². The highest BCUT2D eigenvalue weighted by atomic mass is 19.4. The van der Waals surface area contributed by atoms with Gasteiger partial charge in [-0.05, 0) is 24.3 Å². The SMILES string of the molecule is O=C(Cn1c(C(F)(F)F)nc2ccccc21)N1CCN(Cc2ccco2)CC1. The number of rotatable bonds is 4. The molecule has 0 saturated carbocycles. The summed E-state index contributed by atoms with van der Waals surface area (Å²) in [4.78, 5) is 20.1. The van der Waals surface area contributed by atoms with Crippen LogP contribution in [0.3, 0.4) is 0 Å². The lowest BCUT2D eigenvalue weighted by Crippen LogP contribution is -2.49. The number of carbonyl (C=O) groups is 1. The number of furan rings is 1. The van der Waals surface area contributed by atoms with Crippen molar-refractivity contribution in [1.29, 1.82) is 0 Å². The lowest BCUT2D eigenvalue weighted by atomic mass is 10.2. The smallest absolute Gasteiger partial charge is 0.449 e. The molecule has 0 spiro atoms. The molecule has 3 aromatic rings. The number of hydrogen-bond donors (Lipinski definition) is 0. The number of piperazine rings is 1. The lowest BCUT2D eigenvalue weighted by Gasteiger charge is -2.34. The summed E-state index contributed by atoms with van der Waals surface area (Å²) in [6.45, 7) is 2.49. The van der Waals surface area contributed by atoms with Crippen LogP contribution in [0.4, 0.5) is 13.2 Å². The van der Waals surface area contributed by atoms with Crippen molar-refractivity contribution < 1.29 is 22.4 Å². The third-order valence-electron chi connectivity index (χ3n) is 4.89. The van der Waals surface area contributed by atoms with E-state index in [4.69, 9.17) is 4.42 Å². The van der Waals surface area contributed by atoms with Crippen LogP contribution in [0.15, 0.2) is 47.1 Å². The summed E-state index contributed by atoms with van der Waals surface area (Å²) in [7, 11) is 0. The van der Waals surface area contributed by atoms with Crippen molar-refractivity contribution in [2.75, 3.05) is 26.2 Å². The molecule has 28 heavy (non-hydrogen) atoms. The Morgan fingerprint density at radius 1 is 1.07 bits per heavy atom. The number of aromatic nitrogens is 2. The highest BCUT2D eigenvalue weighted by molar-refractivity contribution is 5.81. The van der Waals surface area contributed by atoms with Gasteiger partial charge in [-0.25, -0.2) is 4.98 Å². The highest BCUT2D eigenvalue weighted by Crippen LogP contribution is 2.31. The maximum Gasteiger partial charge on any atom is 0.449 e. The van der Waals surface area contributed by atoms with Crippen LogP contribution in [0.5, 0.6) is 0 Å². The molecule has 0 atom stereocenters. The fourth-order valence-electron chi connectivity index (χ4n) is 3.47. The van der Waals surface area contributed by atoms with Gasteiger partial charge >= 0.3 is 6.18 Å². The first kappa shape index (κ1) is 18.5. The van der Waals surface area contributed by atoms with Crippen LogP contribution >= 0.6 is 0 Å². The Kier molecular flexibility index (Phi) is 4.84. The number of benzene rings is 1. The van der Waals surface area contributed by atoms with Gasteiger partial charge in [-0.2, -0.15) is 13.2 Å². The van der Waals surface area contributed by atoms with E-state index in [0.29, 0.717) is 38.2 Å². The molecule has 6 nitrogen and oxygen atoms in total. The molecule has 148 valence electrons. The van der Waals surface area contributed by atoms with Crippen molar-refractivity contribution in [1.82, 2.24) is 19.4 Å². The Labute approximate surface area is 159 Å². The molecule has 1 aliphatic rings. The van der Waals surface area contributed by atoms with E-state index in [9.17, 15) is 18.0 Å². The molecule has 2 aromatic heterocycles. The summed E-state index contributed by atoms with van der Waals surface area (Å²) in [6, 6.07) is 10.0. The summed E-state index contributed by atoms with van der Waals surface area (Å²) < 4.78 is 46.5. The van der Waals surface area contributed by atoms with Gasteiger partial charge in [0, 0.05) is 26.2 Å². The summed E-state index contributed by atoms with van der Waals surface area (Å²) in [5.74, 6) is -0.538. The molecule has 1 aromatic carbocycles. The zero-order valence-electron chi connectivity index (χ0n) is 15.0. The maximum atomic E-state index is 13.4. The predicted octanol–water partition coefficient (Wildman–Crippen LogP) is 2.99. The molecule has 4 rings (SSSR count). The zero-order valence-corrected chi connectivity index (χ0v) is 15.0. The normalized spacial score (nSPS) is 16.0. The van der Waals surface area contributed by atoms with E-state index in [1.54, 1.807) is 29.4 Å². The Morgan fingerprint density at radius 3 is 2.50 bits per heavy atom. The van der Waals surface area contributed by atoms with Gasteiger partial charge in [-0.1, -0.05) is 12.1 Å². The maximum absolute atomic E-state index is 13.4. The Morgan fingerprint density at radius 2 is 1.82 bits per heavy atom. The van der Waals surface area contributed by atoms with Gasteiger partial charge < -0.3 is 13.9 Å². The van der Waals surface area contributed by atoms with Crippen molar-refractivity contribution in [2.24, 2.45) is 0 Å². The Bertz CT molecular complexity index is 957. The molecule has 1 saturated heterocycles. The highest BCUT2D eigenvalue weighted by Gasteiger charge is 2.38. The number of para-hydroxylation sites is 2. The Hall–Kier alpha value is -2.81. The number of nitrogens with zero attached hydrogens (tertiary/aromatic N) is 4. The first-order valence-electron chi connectivity index (χ1n) is 8.97. The number of carbonyl (C=O) groups excluding carboxylic acids is 1. The van der Waals surface area contributed by atoms with E-state index in [0.717, 1.165) is 10.3 Å². The molecule has 0 bridgehead atoms. The van der Waals surface area contributed by atoms with Gasteiger partial charge in [-0.15, -0.1) is 0 Å². The van der Waals surface area contributed by atoms with Crippen molar-refractivity contribution in [2.45, 2.75) is 19.3 Å². The van der Waals surface area contributed by atoms with Gasteiger partial charge in [0.1, 0.15) is 12.3 Å². The van der Waals surface area contributed by atoms with Crippen molar-refractivity contribution in [3.8, 4) is 0 Å². The van der Waals surface area contributed by atoms with Gasteiger partial charge in [0.15, 0.2) is 0 Å². The van der Waals surface area contributed by atoms with Crippen molar-refractivity contribution >= 4 is 16.9 Å². The van der Waals surface area contributed by atoms with E-state index in [1.165, 1.54) is 6.07 Å². The number of hydrogen-bond acceptors (Lipinski definition) is 4. The number of alkyl halides is 3. The van der Waals surface area contributed by atoms with Crippen LogP contribution in [0.2, 0.25) is 0 Å². The molecule has 1 amide bonds. The lowest BCUT2D eigenvalue weighted by molar-refractivity contribution is -0.148. The largest absolute Gasteiger partial charge is 0.468 e. The summed E-state index contributed by atoms with van der Waals surface area (Å²) in [6.07, 6.45) is -3.01. The molecule has 1 fully saturated rings. The minimum absolute atomic E-state index is 0.228. The van der Waals surface area contributed by atoms with Crippen LogP contribution in [0.1, 0.15) is 11.6 Å². The van der Waals surface area contributed by atoms with Gasteiger partial charge in [0.25, 0.3) is 0 Å². The van der Waals surface area contributed by atoms with Crippen LogP contribution in [0.25, 0.3) is 11.0 Å². The standard InChI is InChI=1S/C19H19F3N4O2/c20-19(21,22)18-23-15-5-1-2-6-16(15)26(18)13-17(27)25-9-7-24(8-10-25)12-14-4-3-11-28-14/h1-6,11H,7-10,12-13H2. The first-order valence-corrected chi connectivity index (χ1v) is 8.97.